The quantitative estimate of drug-likeness (QED) is 0.185. The number of alkyl carbamates (subject to hydrolysis) is 1. The maximum atomic E-state index is 12.6. The van der Waals surface area contributed by atoms with E-state index < -0.39 is 17.7 Å². The fourth-order valence-electron chi connectivity index (χ4n) is 3.85. The summed E-state index contributed by atoms with van der Waals surface area (Å²) >= 11 is 5.68. The smallest absolute Gasteiger partial charge is 0.408 e. The summed E-state index contributed by atoms with van der Waals surface area (Å²) in [5.41, 5.74) is 0.105. The van der Waals surface area contributed by atoms with Gasteiger partial charge in [0.1, 0.15) is 18.2 Å². The second kappa shape index (κ2) is 18.7. The van der Waals surface area contributed by atoms with Crippen molar-refractivity contribution < 1.29 is 23.9 Å². The number of likely N-dealkylation sites (tertiary alicyclic amines) is 1. The summed E-state index contributed by atoms with van der Waals surface area (Å²) in [6.45, 7) is 9.71. The Hall–Kier alpha value is -2.64. The van der Waals surface area contributed by atoms with Crippen molar-refractivity contribution in [2.24, 2.45) is 5.92 Å². The Labute approximate surface area is 246 Å². The second-order valence-electron chi connectivity index (χ2n) is 10.7. The Morgan fingerprint density at radius 2 is 1.93 bits per heavy atom. The first-order valence-corrected chi connectivity index (χ1v) is 15.0. The van der Waals surface area contributed by atoms with Gasteiger partial charge in [-0.1, -0.05) is 36.7 Å². The van der Waals surface area contributed by atoms with Crippen LogP contribution in [0.5, 0.6) is 0 Å². The fourth-order valence-corrected chi connectivity index (χ4v) is 4.33. The van der Waals surface area contributed by atoms with Gasteiger partial charge in [-0.3, -0.25) is 14.4 Å². The Balaban J connectivity index is 0.000000603. The summed E-state index contributed by atoms with van der Waals surface area (Å²) in [7, 11) is 2.74. The number of carbonyl (C=O) groups excluding carboxylic acids is 4. The van der Waals surface area contributed by atoms with Crippen LogP contribution in [0.2, 0.25) is 5.02 Å². The normalized spacial score (nSPS) is 15.6. The van der Waals surface area contributed by atoms with E-state index in [4.69, 9.17) is 16.3 Å². The maximum Gasteiger partial charge on any atom is 0.408 e. The summed E-state index contributed by atoms with van der Waals surface area (Å²) in [5, 5.41) is 8.67. The number of anilines is 1. The Kier molecular flexibility index (Phi) is 16.5. The molecule has 1 aromatic carbocycles. The number of amides is 4. The Morgan fingerprint density at radius 3 is 2.55 bits per heavy atom. The molecule has 1 unspecified atom stereocenters. The van der Waals surface area contributed by atoms with E-state index in [1.54, 1.807) is 49.9 Å². The third-order valence-corrected chi connectivity index (χ3v) is 6.33. The molecule has 1 heterocycles. The van der Waals surface area contributed by atoms with Gasteiger partial charge in [0, 0.05) is 30.7 Å². The second-order valence-corrected chi connectivity index (χ2v) is 11.7. The van der Waals surface area contributed by atoms with E-state index in [9.17, 15) is 19.2 Å². The fraction of sp³-hybridized carbons (Fsp3) is 0.586. The molecule has 4 amide bonds. The van der Waals surface area contributed by atoms with E-state index in [1.807, 2.05) is 0 Å². The highest BCUT2D eigenvalue weighted by Gasteiger charge is 2.34. The van der Waals surface area contributed by atoms with Crippen molar-refractivity contribution in [2.75, 3.05) is 31.1 Å². The number of allylic oxidation sites excluding steroid dienone is 1. The zero-order valence-electron chi connectivity index (χ0n) is 24.4. The Morgan fingerprint density at radius 1 is 1.20 bits per heavy atom. The number of hydrogen-bond acceptors (Lipinski definition) is 5. The monoisotopic (exact) mass is 596 g/mol. The van der Waals surface area contributed by atoms with Gasteiger partial charge in [-0.2, -0.15) is 0 Å². The van der Waals surface area contributed by atoms with Crippen LogP contribution in [0.3, 0.4) is 0 Å². The maximum absolute atomic E-state index is 12.6. The third kappa shape index (κ3) is 15.8. The number of halogens is 1. The lowest BCUT2D eigenvalue weighted by Gasteiger charge is -2.25. The van der Waals surface area contributed by atoms with Crippen LogP contribution in [-0.4, -0.2) is 66.2 Å². The van der Waals surface area contributed by atoms with Gasteiger partial charge in [-0.15, -0.1) is 9.24 Å². The van der Waals surface area contributed by atoms with Crippen molar-refractivity contribution in [1.29, 1.82) is 0 Å². The van der Waals surface area contributed by atoms with Gasteiger partial charge in [0.05, 0.1) is 0 Å². The summed E-state index contributed by atoms with van der Waals surface area (Å²) in [6, 6.07) is 6.55. The molecule has 3 atom stereocenters. The van der Waals surface area contributed by atoms with Gasteiger partial charge in [0.15, 0.2) is 0 Å². The third-order valence-electron chi connectivity index (χ3n) is 5.69. The molecule has 1 aliphatic rings. The molecular formula is C29H46ClN4O5P. The number of rotatable bonds is 11. The summed E-state index contributed by atoms with van der Waals surface area (Å²) in [4.78, 5) is 48.9. The van der Waals surface area contributed by atoms with Crippen molar-refractivity contribution in [3.05, 3.63) is 41.4 Å². The molecule has 3 N–H and O–H groups in total. The minimum absolute atomic E-state index is 0.0905. The number of nitrogens with zero attached hydrogens (tertiary/aromatic N) is 1. The standard InChI is InChI=1S/C21H38N3O4P.C8H8ClNO/c1-16(10-7-5-6-8-13-29)14-22-19(26)17-11-9-12-24(17)18(25)15-23-20(27)28-21(2,3)4;1-6(11)10-8-4-2-3-7(9)5-8/h7,10,16-17H,5-6,8-9,11-15,29H2,1-4H3,(H,22,26)(H,23,27);2-5H,1H3,(H,10,11)/b10-7-;/t16-,17+;/m1./s1. The molecule has 1 aromatic rings. The van der Waals surface area contributed by atoms with Crippen LogP contribution < -0.4 is 16.0 Å². The van der Waals surface area contributed by atoms with Crippen LogP contribution >= 0.6 is 20.8 Å². The molecule has 11 heteroatoms. The average molecular weight is 597 g/mol. The van der Waals surface area contributed by atoms with Crippen LogP contribution in [0.4, 0.5) is 10.5 Å². The lowest BCUT2D eigenvalue weighted by molar-refractivity contribution is -0.137. The molecule has 1 fully saturated rings. The molecular weight excluding hydrogens is 551 g/mol. The van der Waals surface area contributed by atoms with E-state index >= 15 is 0 Å². The van der Waals surface area contributed by atoms with Crippen LogP contribution in [0.25, 0.3) is 0 Å². The van der Waals surface area contributed by atoms with E-state index in [0.29, 0.717) is 24.5 Å². The van der Waals surface area contributed by atoms with Crippen LogP contribution in [0.1, 0.15) is 66.7 Å². The number of unbranched alkanes of at least 4 members (excludes halogenated alkanes) is 2. The van der Waals surface area contributed by atoms with Crippen LogP contribution in [-0.2, 0) is 19.1 Å². The summed E-state index contributed by atoms with van der Waals surface area (Å²) in [5.74, 6) is -0.242. The van der Waals surface area contributed by atoms with Crippen molar-refractivity contribution >= 4 is 50.3 Å². The molecule has 0 bridgehead atoms. The molecule has 2 rings (SSSR count). The van der Waals surface area contributed by atoms with E-state index in [1.165, 1.54) is 19.8 Å². The minimum Gasteiger partial charge on any atom is -0.444 e. The zero-order valence-corrected chi connectivity index (χ0v) is 26.3. The van der Waals surface area contributed by atoms with Crippen molar-refractivity contribution in [3.63, 3.8) is 0 Å². The predicted octanol–water partition coefficient (Wildman–Crippen LogP) is 5.15. The van der Waals surface area contributed by atoms with Gasteiger partial charge >= 0.3 is 6.09 Å². The topological polar surface area (TPSA) is 117 Å². The zero-order chi connectivity index (χ0) is 30.1. The number of nitrogens with one attached hydrogen (secondary N) is 3. The molecule has 0 saturated carbocycles. The average Bonchev–Trinajstić information content (AvgIpc) is 3.35. The van der Waals surface area contributed by atoms with E-state index in [-0.39, 0.29) is 30.2 Å². The SMILES string of the molecule is CC(=O)Nc1cccc(Cl)c1.C[C@H](/C=C\CCCCP)CNC(=O)[C@@H]1CCCN1C(=O)CNC(=O)OC(C)(C)C. The van der Waals surface area contributed by atoms with Crippen molar-refractivity contribution in [3.8, 4) is 0 Å². The van der Waals surface area contributed by atoms with Crippen molar-refractivity contribution in [2.45, 2.75) is 78.4 Å². The largest absolute Gasteiger partial charge is 0.444 e. The minimum atomic E-state index is -0.635. The first kappa shape index (κ1) is 35.4. The highest BCUT2D eigenvalue weighted by Crippen LogP contribution is 2.18. The van der Waals surface area contributed by atoms with Crippen molar-refractivity contribution in [1.82, 2.24) is 15.5 Å². The van der Waals surface area contributed by atoms with E-state index in [0.717, 1.165) is 24.7 Å². The summed E-state index contributed by atoms with van der Waals surface area (Å²) in [6.07, 6.45) is 9.65. The highest BCUT2D eigenvalue weighted by atomic mass is 35.5. The number of hydrogen-bond donors (Lipinski definition) is 3. The van der Waals surface area contributed by atoms with Crippen LogP contribution in [0, 0.1) is 5.92 Å². The molecule has 0 aliphatic carbocycles. The lowest BCUT2D eigenvalue weighted by atomic mass is 10.1. The van der Waals surface area contributed by atoms with E-state index in [2.05, 4.69) is 44.3 Å². The predicted molar refractivity (Wildman–Crippen MR) is 164 cm³/mol. The highest BCUT2D eigenvalue weighted by molar-refractivity contribution is 7.16. The van der Waals surface area contributed by atoms with Gasteiger partial charge in [-0.05, 0) is 83.2 Å². The first-order chi connectivity index (χ1) is 18.8. The molecule has 40 heavy (non-hydrogen) atoms. The number of benzene rings is 1. The van der Waals surface area contributed by atoms with Crippen LogP contribution in [0.15, 0.2) is 36.4 Å². The summed E-state index contributed by atoms with van der Waals surface area (Å²) < 4.78 is 5.14. The lowest BCUT2D eigenvalue weighted by Crippen LogP contribution is -2.49. The molecule has 1 saturated heterocycles. The Bertz CT molecular complexity index is 999. The molecule has 224 valence electrons. The molecule has 1 aliphatic heterocycles. The molecule has 9 nitrogen and oxygen atoms in total. The molecule has 0 radical (unpaired) electrons. The number of ether oxygens (including phenoxy) is 1. The van der Waals surface area contributed by atoms with Gasteiger partial charge in [0.2, 0.25) is 17.7 Å². The first-order valence-electron chi connectivity index (χ1n) is 13.8. The van der Waals surface area contributed by atoms with Gasteiger partial charge in [-0.25, -0.2) is 4.79 Å². The number of carbonyl (C=O) groups is 4. The molecule has 0 aromatic heterocycles. The molecule has 0 spiro atoms. The van der Waals surface area contributed by atoms with Gasteiger partial charge in [0.25, 0.3) is 0 Å². The van der Waals surface area contributed by atoms with Gasteiger partial charge < -0.3 is 25.6 Å².